The normalized spacial score (nSPS) is 10.2. The van der Waals surface area contributed by atoms with Crippen molar-refractivity contribution >= 4 is 0 Å². The quantitative estimate of drug-likeness (QED) is 0.770. The largest absolute Gasteiger partial charge is 0.493 e. The highest BCUT2D eigenvalue weighted by atomic mass is 19.1. The van der Waals surface area contributed by atoms with Crippen LogP contribution in [0.3, 0.4) is 0 Å². The zero-order valence-corrected chi connectivity index (χ0v) is 10.3. The number of ether oxygens (including phenoxy) is 3. The van der Waals surface area contributed by atoms with Gasteiger partial charge in [-0.05, 0) is 0 Å². The Morgan fingerprint density at radius 1 is 1.06 bits per heavy atom. The number of rotatable bonds is 6. The first-order chi connectivity index (χ1) is 8.19. The predicted molar refractivity (Wildman–Crippen MR) is 59.9 cm³/mol. The van der Waals surface area contributed by atoms with E-state index in [0.717, 1.165) is 0 Å². The summed E-state index contributed by atoms with van der Waals surface area (Å²) >= 11 is 0. The first-order valence-electron chi connectivity index (χ1n) is 4.92. The lowest BCUT2D eigenvalue weighted by Gasteiger charge is -2.16. The van der Waals surface area contributed by atoms with Gasteiger partial charge in [-0.3, -0.25) is 0 Å². The van der Waals surface area contributed by atoms with Crippen molar-refractivity contribution in [3.63, 3.8) is 0 Å². The topological polar surface area (TPSA) is 49.0 Å². The Kier molecular flexibility index (Phi) is 4.99. The molecular formula is C11H16FNO4. The van der Waals surface area contributed by atoms with Crippen LogP contribution < -0.4 is 19.7 Å². The molecule has 1 aromatic rings. The molecule has 0 fully saturated rings. The van der Waals surface area contributed by atoms with Crippen LogP contribution in [0.5, 0.6) is 17.2 Å². The monoisotopic (exact) mass is 245 g/mol. The molecule has 0 unspecified atom stereocenters. The van der Waals surface area contributed by atoms with E-state index in [9.17, 15) is 4.39 Å². The third-order valence-corrected chi connectivity index (χ3v) is 2.27. The summed E-state index contributed by atoms with van der Waals surface area (Å²) in [6.07, 6.45) is 0. The summed E-state index contributed by atoms with van der Waals surface area (Å²) in [5.41, 5.74) is 3.10. The molecule has 0 aliphatic rings. The highest BCUT2D eigenvalue weighted by molar-refractivity contribution is 5.54. The van der Waals surface area contributed by atoms with Crippen molar-refractivity contribution in [2.24, 2.45) is 0 Å². The van der Waals surface area contributed by atoms with E-state index >= 15 is 0 Å². The molecule has 0 aliphatic heterocycles. The van der Waals surface area contributed by atoms with E-state index in [4.69, 9.17) is 19.0 Å². The summed E-state index contributed by atoms with van der Waals surface area (Å²) in [4.78, 5) is 4.73. The Bertz CT molecular complexity index is 384. The van der Waals surface area contributed by atoms with Crippen LogP contribution in [0, 0.1) is 5.82 Å². The van der Waals surface area contributed by atoms with E-state index in [1.54, 1.807) is 0 Å². The molecule has 0 aliphatic carbocycles. The average Bonchev–Trinajstić information content (AvgIpc) is 2.35. The third-order valence-electron chi connectivity index (χ3n) is 2.27. The van der Waals surface area contributed by atoms with E-state index < -0.39 is 5.82 Å². The van der Waals surface area contributed by atoms with E-state index in [-0.39, 0.29) is 12.3 Å². The Labute approximate surface area is 99.4 Å². The van der Waals surface area contributed by atoms with Gasteiger partial charge >= 0.3 is 0 Å². The van der Waals surface area contributed by atoms with Crippen molar-refractivity contribution in [1.29, 1.82) is 0 Å². The van der Waals surface area contributed by atoms with Crippen LogP contribution in [-0.2, 0) is 11.4 Å². The van der Waals surface area contributed by atoms with Gasteiger partial charge in [0.25, 0.3) is 0 Å². The summed E-state index contributed by atoms with van der Waals surface area (Å²) < 4.78 is 29.0. The molecule has 0 spiro atoms. The van der Waals surface area contributed by atoms with Crippen LogP contribution in [0.2, 0.25) is 0 Å². The first kappa shape index (κ1) is 13.5. The van der Waals surface area contributed by atoms with Gasteiger partial charge in [-0.25, -0.2) is 4.39 Å². The smallest absolute Gasteiger partial charge is 0.169 e. The zero-order valence-electron chi connectivity index (χ0n) is 10.3. The van der Waals surface area contributed by atoms with Crippen LogP contribution in [0.4, 0.5) is 4.39 Å². The van der Waals surface area contributed by atoms with Crippen molar-refractivity contribution in [1.82, 2.24) is 5.48 Å². The fourth-order valence-electron chi connectivity index (χ4n) is 1.54. The fraction of sp³-hybridized carbons (Fsp3) is 0.455. The molecule has 0 saturated heterocycles. The predicted octanol–water partition coefficient (Wildman–Crippen LogP) is 1.50. The van der Waals surface area contributed by atoms with Crippen molar-refractivity contribution in [2.75, 3.05) is 28.4 Å². The standard InChI is InChI=1S/C11H16FNO4/c1-14-9-5-8(12)10(15-2)7(6-13-17-4)11(9)16-3/h5,13H,6H2,1-4H3. The van der Waals surface area contributed by atoms with Crippen LogP contribution in [-0.4, -0.2) is 28.4 Å². The van der Waals surface area contributed by atoms with Crippen LogP contribution in [0.25, 0.3) is 0 Å². The van der Waals surface area contributed by atoms with Gasteiger partial charge in [0.15, 0.2) is 23.1 Å². The molecule has 1 N–H and O–H groups in total. The Morgan fingerprint density at radius 2 is 1.71 bits per heavy atom. The maximum absolute atomic E-state index is 13.7. The number of methoxy groups -OCH3 is 3. The van der Waals surface area contributed by atoms with E-state index in [2.05, 4.69) is 5.48 Å². The molecule has 6 heteroatoms. The summed E-state index contributed by atoms with van der Waals surface area (Å²) in [5, 5.41) is 0. The summed E-state index contributed by atoms with van der Waals surface area (Å²) in [7, 11) is 5.78. The number of hydrogen-bond acceptors (Lipinski definition) is 5. The zero-order chi connectivity index (χ0) is 12.8. The van der Waals surface area contributed by atoms with Crippen molar-refractivity contribution in [3.05, 3.63) is 17.4 Å². The fourth-order valence-corrected chi connectivity index (χ4v) is 1.54. The molecule has 0 saturated carbocycles. The first-order valence-corrected chi connectivity index (χ1v) is 4.92. The van der Waals surface area contributed by atoms with Gasteiger partial charge in [0.05, 0.1) is 40.5 Å². The van der Waals surface area contributed by atoms with Gasteiger partial charge in [-0.2, -0.15) is 5.48 Å². The maximum Gasteiger partial charge on any atom is 0.169 e. The second-order valence-electron chi connectivity index (χ2n) is 3.13. The number of benzene rings is 1. The highest BCUT2D eigenvalue weighted by Crippen LogP contribution is 2.39. The molecule has 96 valence electrons. The average molecular weight is 245 g/mol. The summed E-state index contributed by atoms with van der Waals surface area (Å²) in [5.74, 6) is 0.305. The second kappa shape index (κ2) is 6.27. The summed E-state index contributed by atoms with van der Waals surface area (Å²) in [6.45, 7) is 0.233. The molecule has 0 radical (unpaired) electrons. The molecule has 5 nitrogen and oxygen atoms in total. The lowest BCUT2D eigenvalue weighted by atomic mass is 10.1. The van der Waals surface area contributed by atoms with Gasteiger partial charge < -0.3 is 19.0 Å². The number of halogens is 1. The lowest BCUT2D eigenvalue weighted by molar-refractivity contribution is 0.0852. The molecule has 0 heterocycles. The summed E-state index contributed by atoms with van der Waals surface area (Å²) in [6, 6.07) is 1.22. The Hall–Kier alpha value is -1.53. The van der Waals surface area contributed by atoms with Gasteiger partial charge in [-0.15, -0.1) is 0 Å². The molecule has 0 bridgehead atoms. The van der Waals surface area contributed by atoms with Gasteiger partial charge in [-0.1, -0.05) is 0 Å². The van der Waals surface area contributed by atoms with Crippen LogP contribution >= 0.6 is 0 Å². The van der Waals surface area contributed by atoms with E-state index in [1.807, 2.05) is 0 Å². The molecule has 1 aromatic carbocycles. The second-order valence-corrected chi connectivity index (χ2v) is 3.13. The van der Waals surface area contributed by atoms with Crippen molar-refractivity contribution in [2.45, 2.75) is 6.54 Å². The van der Waals surface area contributed by atoms with Crippen LogP contribution in [0.15, 0.2) is 6.07 Å². The maximum atomic E-state index is 13.7. The van der Waals surface area contributed by atoms with Crippen molar-refractivity contribution < 1.29 is 23.4 Å². The van der Waals surface area contributed by atoms with Gasteiger partial charge in [0.2, 0.25) is 0 Å². The highest BCUT2D eigenvalue weighted by Gasteiger charge is 2.20. The third kappa shape index (κ3) is 2.78. The van der Waals surface area contributed by atoms with E-state index in [1.165, 1.54) is 34.5 Å². The van der Waals surface area contributed by atoms with E-state index in [0.29, 0.717) is 17.1 Å². The minimum atomic E-state index is -0.516. The minimum Gasteiger partial charge on any atom is -0.493 e. The molecule has 17 heavy (non-hydrogen) atoms. The number of nitrogens with one attached hydrogen (secondary N) is 1. The molecule has 0 atom stereocenters. The lowest BCUT2D eigenvalue weighted by Crippen LogP contribution is -2.13. The van der Waals surface area contributed by atoms with Crippen molar-refractivity contribution in [3.8, 4) is 17.2 Å². The van der Waals surface area contributed by atoms with Gasteiger partial charge in [0, 0.05) is 6.07 Å². The van der Waals surface area contributed by atoms with Crippen LogP contribution in [0.1, 0.15) is 5.56 Å². The number of hydroxylamine groups is 1. The minimum absolute atomic E-state index is 0.104. The van der Waals surface area contributed by atoms with Gasteiger partial charge in [0.1, 0.15) is 0 Å². The molecule has 0 amide bonds. The molecular weight excluding hydrogens is 229 g/mol. The molecule has 1 rings (SSSR count). The Morgan fingerprint density at radius 3 is 2.18 bits per heavy atom. The SMILES string of the molecule is CONCc1c(OC)c(F)cc(OC)c1OC. The number of hydrogen-bond donors (Lipinski definition) is 1. The Balaban J connectivity index is 3.30. The molecule has 0 aromatic heterocycles.